The Labute approximate surface area is 168 Å². The van der Waals surface area contributed by atoms with E-state index in [9.17, 15) is 19.8 Å². The zero-order valence-corrected chi connectivity index (χ0v) is 17.6. The molecule has 4 heteroatoms. The van der Waals surface area contributed by atoms with Gasteiger partial charge in [0, 0.05) is 12.3 Å². The van der Waals surface area contributed by atoms with Gasteiger partial charge in [0.1, 0.15) is 5.78 Å². The maximum Gasteiger partial charge on any atom is 0.155 e. The fraction of sp³-hybridized carbons (Fsp3) is 0.833. The van der Waals surface area contributed by atoms with Crippen LogP contribution >= 0.6 is 0 Å². The first-order valence-electron chi connectivity index (χ1n) is 11.2. The Hall–Kier alpha value is -1.00. The van der Waals surface area contributed by atoms with E-state index in [1.54, 1.807) is 6.92 Å². The molecule has 4 rings (SSSR count). The van der Waals surface area contributed by atoms with E-state index in [1.807, 2.05) is 6.08 Å². The van der Waals surface area contributed by atoms with Gasteiger partial charge in [0.05, 0.1) is 12.7 Å². The zero-order chi connectivity index (χ0) is 20.3. The fourth-order valence-electron chi connectivity index (χ4n) is 8.19. The number of hydrogen-bond acceptors (Lipinski definition) is 4. The minimum absolute atomic E-state index is 0.00247. The Morgan fingerprint density at radius 3 is 2.64 bits per heavy atom. The lowest BCUT2D eigenvalue weighted by Gasteiger charge is -2.58. The Morgan fingerprint density at radius 1 is 1.21 bits per heavy atom. The van der Waals surface area contributed by atoms with E-state index in [0.717, 1.165) is 38.5 Å². The fourth-order valence-corrected chi connectivity index (χ4v) is 8.19. The van der Waals surface area contributed by atoms with E-state index in [0.29, 0.717) is 36.4 Å². The lowest BCUT2D eigenvalue weighted by molar-refractivity contribution is -0.130. The first kappa shape index (κ1) is 20.3. The van der Waals surface area contributed by atoms with Gasteiger partial charge in [-0.2, -0.15) is 0 Å². The van der Waals surface area contributed by atoms with Crippen LogP contribution in [0.4, 0.5) is 0 Å². The van der Waals surface area contributed by atoms with Crippen molar-refractivity contribution in [2.75, 3.05) is 6.61 Å². The molecule has 4 aliphatic carbocycles. The van der Waals surface area contributed by atoms with Crippen molar-refractivity contribution >= 4 is 11.6 Å². The van der Waals surface area contributed by atoms with Crippen LogP contribution in [-0.2, 0) is 9.59 Å². The van der Waals surface area contributed by atoms with Crippen molar-refractivity contribution < 1.29 is 19.8 Å². The van der Waals surface area contributed by atoms with Crippen molar-refractivity contribution in [1.82, 2.24) is 0 Å². The maximum atomic E-state index is 12.7. The van der Waals surface area contributed by atoms with E-state index in [2.05, 4.69) is 13.8 Å². The van der Waals surface area contributed by atoms with E-state index >= 15 is 0 Å². The predicted octanol–water partition coefficient (Wildman–Crippen LogP) is 3.69. The van der Waals surface area contributed by atoms with Crippen LogP contribution in [0, 0.1) is 40.4 Å². The summed E-state index contributed by atoms with van der Waals surface area (Å²) in [6.07, 6.45) is 8.73. The second kappa shape index (κ2) is 7.05. The van der Waals surface area contributed by atoms with Crippen molar-refractivity contribution in [3.63, 3.8) is 0 Å². The van der Waals surface area contributed by atoms with Crippen LogP contribution in [-0.4, -0.2) is 34.5 Å². The molecule has 156 valence electrons. The predicted molar refractivity (Wildman–Crippen MR) is 107 cm³/mol. The van der Waals surface area contributed by atoms with Gasteiger partial charge in [-0.05, 0) is 92.4 Å². The molecule has 0 bridgehead atoms. The van der Waals surface area contributed by atoms with Gasteiger partial charge in [-0.1, -0.05) is 19.4 Å². The average molecular weight is 389 g/mol. The number of carbonyl (C=O) groups excluding carboxylic acids is 2. The van der Waals surface area contributed by atoms with E-state index < -0.39 is 6.10 Å². The Balaban J connectivity index is 1.65. The first-order chi connectivity index (χ1) is 13.2. The summed E-state index contributed by atoms with van der Waals surface area (Å²) in [6.45, 7) is 6.20. The van der Waals surface area contributed by atoms with Crippen molar-refractivity contribution in [2.24, 2.45) is 40.4 Å². The highest BCUT2D eigenvalue weighted by molar-refractivity contribution is 5.91. The summed E-state index contributed by atoms with van der Waals surface area (Å²) in [5, 5.41) is 19.4. The second-order valence-corrected chi connectivity index (χ2v) is 10.7. The molecule has 4 aliphatic rings. The van der Waals surface area contributed by atoms with Gasteiger partial charge in [-0.3, -0.25) is 9.59 Å². The molecule has 0 aliphatic heterocycles. The third-order valence-electron chi connectivity index (χ3n) is 9.36. The number of ketones is 2. The average Bonchev–Trinajstić information content (AvgIpc) is 2.94. The van der Waals surface area contributed by atoms with Crippen LogP contribution in [0.2, 0.25) is 0 Å². The molecule has 0 aromatic rings. The van der Waals surface area contributed by atoms with Gasteiger partial charge in [-0.25, -0.2) is 0 Å². The minimum Gasteiger partial charge on any atom is -0.394 e. The molecule has 4 nitrogen and oxygen atoms in total. The summed E-state index contributed by atoms with van der Waals surface area (Å²) < 4.78 is 0. The van der Waals surface area contributed by atoms with Crippen molar-refractivity contribution in [1.29, 1.82) is 0 Å². The van der Waals surface area contributed by atoms with E-state index in [-0.39, 0.29) is 35.1 Å². The van der Waals surface area contributed by atoms with Gasteiger partial charge >= 0.3 is 0 Å². The Morgan fingerprint density at radius 2 is 1.96 bits per heavy atom. The second-order valence-electron chi connectivity index (χ2n) is 10.7. The van der Waals surface area contributed by atoms with Crippen LogP contribution in [0.15, 0.2) is 11.6 Å². The number of Topliss-reactive ketones (excluding diaryl/α,β-unsaturated/α-hetero) is 1. The van der Waals surface area contributed by atoms with Crippen LogP contribution in [0.3, 0.4) is 0 Å². The molecule has 0 radical (unpaired) electrons. The molecule has 0 heterocycles. The number of carbonyl (C=O) groups is 2. The molecule has 0 saturated heterocycles. The van der Waals surface area contributed by atoms with Gasteiger partial charge in [-0.15, -0.1) is 0 Å². The van der Waals surface area contributed by atoms with Gasteiger partial charge in [0.25, 0.3) is 0 Å². The first-order valence-corrected chi connectivity index (χ1v) is 11.2. The summed E-state index contributed by atoms with van der Waals surface area (Å²) in [5.74, 6) is 2.43. The zero-order valence-electron chi connectivity index (χ0n) is 17.6. The van der Waals surface area contributed by atoms with Gasteiger partial charge in [0.2, 0.25) is 0 Å². The molecule has 0 spiro atoms. The van der Waals surface area contributed by atoms with Crippen LogP contribution in [0.1, 0.15) is 72.1 Å². The quantitative estimate of drug-likeness (QED) is 0.770. The van der Waals surface area contributed by atoms with Crippen LogP contribution in [0.5, 0.6) is 0 Å². The SMILES string of the molecule is CC(=O)[C@H]1[C@H](CC(O)CO)C[C@H]2[C@@H]3CCC4=CC(=O)CC[C@]4(C)[C@H]3CC[C@@]21C. The lowest BCUT2D eigenvalue weighted by atomic mass is 9.46. The van der Waals surface area contributed by atoms with Crippen molar-refractivity contribution in [2.45, 2.75) is 78.2 Å². The van der Waals surface area contributed by atoms with Crippen LogP contribution in [0.25, 0.3) is 0 Å². The minimum atomic E-state index is -0.728. The maximum absolute atomic E-state index is 12.7. The molecular formula is C24H36O4. The molecule has 0 aromatic heterocycles. The summed E-state index contributed by atoms with van der Waals surface area (Å²) in [5.41, 5.74) is 1.53. The Bertz CT molecular complexity index is 697. The summed E-state index contributed by atoms with van der Waals surface area (Å²) >= 11 is 0. The number of hydrogen-bond donors (Lipinski definition) is 2. The molecule has 28 heavy (non-hydrogen) atoms. The summed E-state index contributed by atoms with van der Waals surface area (Å²) in [7, 11) is 0. The molecule has 3 saturated carbocycles. The Kier molecular flexibility index (Phi) is 5.11. The smallest absolute Gasteiger partial charge is 0.155 e. The lowest BCUT2D eigenvalue weighted by Crippen LogP contribution is -2.51. The van der Waals surface area contributed by atoms with Crippen molar-refractivity contribution in [3.05, 3.63) is 11.6 Å². The third-order valence-corrected chi connectivity index (χ3v) is 9.36. The van der Waals surface area contributed by atoms with Crippen molar-refractivity contribution in [3.8, 4) is 0 Å². The highest BCUT2D eigenvalue weighted by atomic mass is 16.3. The van der Waals surface area contributed by atoms with E-state index in [4.69, 9.17) is 0 Å². The number of allylic oxidation sites excluding steroid dienone is 1. The largest absolute Gasteiger partial charge is 0.394 e. The van der Waals surface area contributed by atoms with Gasteiger partial charge < -0.3 is 10.2 Å². The highest BCUT2D eigenvalue weighted by Gasteiger charge is 2.62. The summed E-state index contributed by atoms with van der Waals surface area (Å²) in [6, 6.07) is 0. The number of fused-ring (bicyclic) bond motifs is 5. The third kappa shape index (κ3) is 2.94. The van der Waals surface area contributed by atoms with Gasteiger partial charge in [0.15, 0.2) is 5.78 Å². The normalized spacial score (nSPS) is 46.2. The molecule has 1 unspecified atom stereocenters. The van der Waals surface area contributed by atoms with Crippen LogP contribution < -0.4 is 0 Å². The molecule has 0 amide bonds. The summed E-state index contributed by atoms with van der Waals surface area (Å²) in [4.78, 5) is 24.7. The molecular weight excluding hydrogens is 352 g/mol. The molecule has 3 fully saturated rings. The number of aliphatic hydroxyl groups is 2. The highest BCUT2D eigenvalue weighted by Crippen LogP contribution is 2.68. The molecule has 0 aromatic carbocycles. The van der Waals surface area contributed by atoms with E-state index in [1.165, 1.54) is 5.57 Å². The standard InChI is InChI=1S/C24H36O4/c1-14(26)22-15(10-18(28)13-25)11-21-19-5-4-16-12-17(27)6-8-23(16,2)20(19)7-9-24(21,22)3/h12,15,18-22,25,28H,4-11,13H2,1-3H3/t15-,18?,19-,20+,21+,22+,23+,24+/m1/s1. The number of rotatable bonds is 4. The monoisotopic (exact) mass is 388 g/mol. The molecule has 8 atom stereocenters. The topological polar surface area (TPSA) is 74.6 Å². The number of aliphatic hydroxyl groups excluding tert-OH is 2. The molecule has 2 N–H and O–H groups in total.